The predicted molar refractivity (Wildman–Crippen MR) is 114 cm³/mol. The van der Waals surface area contributed by atoms with Crippen molar-refractivity contribution < 1.29 is 9.59 Å². The number of benzene rings is 1. The van der Waals surface area contributed by atoms with Crippen molar-refractivity contribution in [3.63, 3.8) is 0 Å². The number of aromatic nitrogens is 5. The highest BCUT2D eigenvalue weighted by molar-refractivity contribution is 7.17. The fourth-order valence-corrected chi connectivity index (χ4v) is 3.94. The van der Waals surface area contributed by atoms with E-state index in [2.05, 4.69) is 30.9 Å². The molecule has 30 heavy (non-hydrogen) atoms. The third-order valence-corrected chi connectivity index (χ3v) is 5.94. The van der Waals surface area contributed by atoms with Gasteiger partial charge in [0.25, 0.3) is 5.91 Å². The lowest BCUT2D eigenvalue weighted by molar-refractivity contribution is -0.120. The number of thiazole rings is 1. The Hall–Kier alpha value is -3.53. The van der Waals surface area contributed by atoms with Gasteiger partial charge in [-0.05, 0) is 31.4 Å². The first kappa shape index (κ1) is 18.5. The number of hydrogen-bond donors (Lipinski definition) is 3. The molecule has 1 aromatic carbocycles. The minimum absolute atomic E-state index is 0.210. The summed E-state index contributed by atoms with van der Waals surface area (Å²) in [7, 11) is 0. The van der Waals surface area contributed by atoms with Gasteiger partial charge in [0, 0.05) is 23.6 Å². The molecule has 0 radical (unpaired) electrons. The van der Waals surface area contributed by atoms with Gasteiger partial charge in [-0.2, -0.15) is 10.2 Å². The first-order chi connectivity index (χ1) is 14.6. The fraction of sp³-hybridized carbons (Fsp3) is 0.250. The van der Waals surface area contributed by atoms with Crippen LogP contribution in [0.1, 0.15) is 28.1 Å². The van der Waals surface area contributed by atoms with Gasteiger partial charge in [-0.1, -0.05) is 17.4 Å². The number of carbonyl (C=O) groups excluding carboxylic acids is 2. The number of H-pyrrole nitrogens is 1. The summed E-state index contributed by atoms with van der Waals surface area (Å²) in [5, 5.41) is 18.8. The van der Waals surface area contributed by atoms with Crippen molar-refractivity contribution >= 4 is 50.6 Å². The number of aryl methyl sites for hydroxylation is 1. The number of ketones is 1. The van der Waals surface area contributed by atoms with Crippen LogP contribution < -0.4 is 10.6 Å². The number of anilines is 3. The van der Waals surface area contributed by atoms with Gasteiger partial charge >= 0.3 is 0 Å². The van der Waals surface area contributed by atoms with Gasteiger partial charge in [0.15, 0.2) is 16.7 Å². The molecule has 1 saturated carbocycles. The smallest absolute Gasteiger partial charge is 0.267 e. The molecule has 1 aliphatic carbocycles. The minimum Gasteiger partial charge on any atom is -0.320 e. The molecule has 0 unspecified atom stereocenters. The standard InChI is InChI=1S/C20H19N7O2S/c1-11-2-5-14-13(8-22-25-14)18(11)24-19(29)16-9-21-20(30-16)23-17-6-7-27(26-17)10-15(28)12-3-4-12/h2,5-9,12H,3-4,10H2,1H3,(H,22,25)(H,24,29)(H,21,23,26). The number of carbonyl (C=O) groups is 2. The zero-order valence-corrected chi connectivity index (χ0v) is 17.0. The summed E-state index contributed by atoms with van der Waals surface area (Å²) in [6, 6.07) is 5.64. The molecule has 1 fully saturated rings. The van der Waals surface area contributed by atoms with E-state index in [-0.39, 0.29) is 24.2 Å². The number of nitrogens with zero attached hydrogens (tertiary/aromatic N) is 4. The minimum atomic E-state index is -0.238. The van der Waals surface area contributed by atoms with Crippen LogP contribution in [-0.4, -0.2) is 36.7 Å². The Morgan fingerprint density at radius 2 is 2.13 bits per heavy atom. The summed E-state index contributed by atoms with van der Waals surface area (Å²) in [4.78, 5) is 29.4. The second kappa shape index (κ2) is 7.38. The zero-order valence-electron chi connectivity index (χ0n) is 16.2. The lowest BCUT2D eigenvalue weighted by Crippen LogP contribution is -2.12. The Morgan fingerprint density at radius 3 is 2.97 bits per heavy atom. The Labute approximate surface area is 175 Å². The molecule has 0 saturated heterocycles. The quantitative estimate of drug-likeness (QED) is 0.420. The SMILES string of the molecule is Cc1ccc2[nH]ncc2c1NC(=O)c1cnc(Nc2ccn(CC(=O)C3CC3)n2)s1. The van der Waals surface area contributed by atoms with Crippen LogP contribution in [0.3, 0.4) is 0 Å². The van der Waals surface area contributed by atoms with E-state index in [0.717, 1.165) is 35.0 Å². The lowest BCUT2D eigenvalue weighted by Gasteiger charge is -2.08. The van der Waals surface area contributed by atoms with Crippen LogP contribution >= 0.6 is 11.3 Å². The second-order valence-corrected chi connectivity index (χ2v) is 8.37. The van der Waals surface area contributed by atoms with Crippen LogP contribution in [0.15, 0.2) is 36.8 Å². The van der Waals surface area contributed by atoms with Crippen molar-refractivity contribution in [3.05, 3.63) is 47.2 Å². The number of fused-ring (bicyclic) bond motifs is 1. The van der Waals surface area contributed by atoms with Crippen molar-refractivity contribution in [2.45, 2.75) is 26.3 Å². The van der Waals surface area contributed by atoms with Gasteiger partial charge in [-0.3, -0.25) is 19.4 Å². The Balaban J connectivity index is 1.26. The number of rotatable bonds is 7. The number of Topliss-reactive ketones (excluding diaryl/α,β-unsaturated/α-hetero) is 1. The van der Waals surface area contributed by atoms with Crippen molar-refractivity contribution in [2.24, 2.45) is 5.92 Å². The maximum absolute atomic E-state index is 12.7. The van der Waals surface area contributed by atoms with Crippen LogP contribution in [0.5, 0.6) is 0 Å². The monoisotopic (exact) mass is 421 g/mol. The number of hydrogen-bond acceptors (Lipinski definition) is 7. The van der Waals surface area contributed by atoms with Crippen LogP contribution in [0.2, 0.25) is 0 Å². The first-order valence-corrected chi connectivity index (χ1v) is 10.4. The molecule has 9 nitrogen and oxygen atoms in total. The fourth-order valence-electron chi connectivity index (χ4n) is 3.22. The van der Waals surface area contributed by atoms with Crippen LogP contribution in [0.4, 0.5) is 16.6 Å². The van der Waals surface area contributed by atoms with E-state index in [1.165, 1.54) is 17.5 Å². The van der Waals surface area contributed by atoms with E-state index in [1.54, 1.807) is 23.1 Å². The Morgan fingerprint density at radius 1 is 1.27 bits per heavy atom. The molecule has 4 aromatic rings. The highest BCUT2D eigenvalue weighted by Crippen LogP contribution is 2.30. The van der Waals surface area contributed by atoms with Crippen molar-refractivity contribution in [1.29, 1.82) is 0 Å². The number of amides is 1. The zero-order chi connectivity index (χ0) is 20.7. The van der Waals surface area contributed by atoms with Gasteiger partial charge in [0.1, 0.15) is 4.88 Å². The molecule has 3 heterocycles. The Bertz CT molecular complexity index is 1250. The molecule has 5 rings (SSSR count). The van der Waals surface area contributed by atoms with E-state index in [4.69, 9.17) is 0 Å². The largest absolute Gasteiger partial charge is 0.320 e. The molecule has 0 aliphatic heterocycles. The summed E-state index contributed by atoms with van der Waals surface area (Å²) in [5.41, 5.74) is 2.54. The van der Waals surface area contributed by atoms with E-state index in [1.807, 2.05) is 19.1 Å². The summed E-state index contributed by atoms with van der Waals surface area (Å²) < 4.78 is 1.62. The summed E-state index contributed by atoms with van der Waals surface area (Å²) in [5.74, 6) is 0.778. The molecule has 0 spiro atoms. The first-order valence-electron chi connectivity index (χ1n) is 9.60. The van der Waals surface area contributed by atoms with Crippen LogP contribution in [0, 0.1) is 12.8 Å². The van der Waals surface area contributed by atoms with Gasteiger partial charge in [-0.15, -0.1) is 0 Å². The third-order valence-electron chi connectivity index (χ3n) is 5.03. The molecule has 152 valence electrons. The topological polar surface area (TPSA) is 118 Å². The maximum Gasteiger partial charge on any atom is 0.267 e. The van der Waals surface area contributed by atoms with Gasteiger partial charge < -0.3 is 10.6 Å². The Kier molecular flexibility index (Phi) is 4.55. The number of nitrogens with one attached hydrogen (secondary N) is 3. The van der Waals surface area contributed by atoms with Gasteiger partial charge in [0.2, 0.25) is 0 Å². The van der Waals surface area contributed by atoms with Crippen LogP contribution in [0.25, 0.3) is 10.9 Å². The normalized spacial score (nSPS) is 13.5. The van der Waals surface area contributed by atoms with E-state index in [0.29, 0.717) is 15.8 Å². The highest BCUT2D eigenvalue weighted by Gasteiger charge is 2.29. The molecular formula is C20H19N7O2S. The van der Waals surface area contributed by atoms with E-state index < -0.39 is 0 Å². The average molecular weight is 421 g/mol. The van der Waals surface area contributed by atoms with Crippen molar-refractivity contribution in [1.82, 2.24) is 25.0 Å². The van der Waals surface area contributed by atoms with Gasteiger partial charge in [-0.25, -0.2) is 4.98 Å². The summed E-state index contributed by atoms with van der Waals surface area (Å²) in [6.45, 7) is 2.22. The van der Waals surface area contributed by atoms with Crippen molar-refractivity contribution in [3.8, 4) is 0 Å². The molecule has 10 heteroatoms. The van der Waals surface area contributed by atoms with E-state index >= 15 is 0 Å². The lowest BCUT2D eigenvalue weighted by atomic mass is 10.1. The molecule has 1 aliphatic rings. The predicted octanol–water partition coefficient (Wildman–Crippen LogP) is 3.50. The average Bonchev–Trinajstić information content (AvgIpc) is 3.10. The van der Waals surface area contributed by atoms with Gasteiger partial charge in [0.05, 0.1) is 30.1 Å². The summed E-state index contributed by atoms with van der Waals surface area (Å²) in [6.07, 6.45) is 6.97. The van der Waals surface area contributed by atoms with Crippen molar-refractivity contribution in [2.75, 3.05) is 10.6 Å². The summed E-state index contributed by atoms with van der Waals surface area (Å²) >= 11 is 1.23. The molecule has 0 bridgehead atoms. The molecule has 3 aromatic heterocycles. The molecule has 1 amide bonds. The molecular weight excluding hydrogens is 402 g/mol. The molecule has 3 N–H and O–H groups in total. The van der Waals surface area contributed by atoms with E-state index in [9.17, 15) is 9.59 Å². The highest BCUT2D eigenvalue weighted by atomic mass is 32.1. The number of aromatic amines is 1. The maximum atomic E-state index is 12.7. The molecule has 0 atom stereocenters. The second-order valence-electron chi connectivity index (χ2n) is 7.34. The third kappa shape index (κ3) is 3.69. The van der Waals surface area contributed by atoms with Crippen LogP contribution in [-0.2, 0) is 11.3 Å².